The third-order valence-corrected chi connectivity index (χ3v) is 5.03. The van der Waals surface area contributed by atoms with Gasteiger partial charge in [-0.2, -0.15) is 0 Å². The smallest absolute Gasteiger partial charge is 0.223 e. The van der Waals surface area contributed by atoms with E-state index in [1.165, 1.54) is 4.88 Å². The van der Waals surface area contributed by atoms with Gasteiger partial charge in [-0.05, 0) is 23.8 Å². The van der Waals surface area contributed by atoms with Crippen LogP contribution in [0.2, 0.25) is 0 Å². The van der Waals surface area contributed by atoms with Crippen LogP contribution in [0.3, 0.4) is 0 Å². The van der Waals surface area contributed by atoms with Gasteiger partial charge < -0.3 is 9.64 Å². The SMILES string of the molecule is O=C(C[C@@H]1CCOC1)N1CCN(Cc2cccs2)CC1. The summed E-state index contributed by atoms with van der Waals surface area (Å²) in [5.41, 5.74) is 0. The lowest BCUT2D eigenvalue weighted by Gasteiger charge is -2.35. The predicted octanol–water partition coefficient (Wildman–Crippen LogP) is 1.82. The molecular formula is C15H22N2O2S. The van der Waals surface area contributed by atoms with E-state index in [0.717, 1.165) is 52.4 Å². The Morgan fingerprint density at radius 2 is 2.20 bits per heavy atom. The average Bonchev–Trinajstić information content (AvgIpc) is 3.13. The molecule has 2 saturated heterocycles. The molecule has 0 aromatic carbocycles. The molecule has 0 bridgehead atoms. The number of nitrogens with zero attached hydrogens (tertiary/aromatic N) is 2. The molecule has 2 aliphatic rings. The van der Waals surface area contributed by atoms with Crippen LogP contribution in [0.25, 0.3) is 0 Å². The zero-order valence-corrected chi connectivity index (χ0v) is 12.6. The molecule has 20 heavy (non-hydrogen) atoms. The van der Waals surface area contributed by atoms with E-state index >= 15 is 0 Å². The van der Waals surface area contributed by atoms with Crippen molar-refractivity contribution in [3.05, 3.63) is 22.4 Å². The Balaban J connectivity index is 1.42. The largest absolute Gasteiger partial charge is 0.381 e. The van der Waals surface area contributed by atoms with Crippen molar-refractivity contribution in [3.8, 4) is 0 Å². The highest BCUT2D eigenvalue weighted by Crippen LogP contribution is 2.19. The zero-order valence-electron chi connectivity index (χ0n) is 11.8. The number of rotatable bonds is 4. The van der Waals surface area contributed by atoms with Crippen LogP contribution < -0.4 is 0 Å². The number of carbonyl (C=O) groups excluding carboxylic acids is 1. The Kier molecular flexibility index (Phi) is 4.70. The van der Waals surface area contributed by atoms with Crippen molar-refractivity contribution in [2.24, 2.45) is 5.92 Å². The van der Waals surface area contributed by atoms with Crippen LogP contribution in [0.5, 0.6) is 0 Å². The quantitative estimate of drug-likeness (QED) is 0.849. The number of hydrogen-bond acceptors (Lipinski definition) is 4. The van der Waals surface area contributed by atoms with E-state index in [1.807, 2.05) is 16.2 Å². The van der Waals surface area contributed by atoms with E-state index in [0.29, 0.717) is 18.2 Å². The second-order valence-electron chi connectivity index (χ2n) is 5.67. The van der Waals surface area contributed by atoms with E-state index in [2.05, 4.69) is 22.4 Å². The van der Waals surface area contributed by atoms with Crippen molar-refractivity contribution in [3.63, 3.8) is 0 Å². The van der Waals surface area contributed by atoms with E-state index in [9.17, 15) is 4.79 Å². The van der Waals surface area contributed by atoms with Crippen LogP contribution in [0.4, 0.5) is 0 Å². The Hall–Kier alpha value is -0.910. The van der Waals surface area contributed by atoms with Gasteiger partial charge in [0.2, 0.25) is 5.91 Å². The number of amides is 1. The number of carbonyl (C=O) groups is 1. The number of hydrogen-bond donors (Lipinski definition) is 0. The van der Waals surface area contributed by atoms with Gasteiger partial charge >= 0.3 is 0 Å². The summed E-state index contributed by atoms with van der Waals surface area (Å²) in [4.78, 5) is 18.1. The molecule has 0 saturated carbocycles. The molecule has 110 valence electrons. The summed E-state index contributed by atoms with van der Waals surface area (Å²) < 4.78 is 5.34. The number of thiophene rings is 1. The number of piperazine rings is 1. The molecule has 2 aliphatic heterocycles. The molecule has 2 fully saturated rings. The average molecular weight is 294 g/mol. The normalized spacial score (nSPS) is 24.2. The van der Waals surface area contributed by atoms with E-state index in [-0.39, 0.29) is 0 Å². The molecule has 3 heterocycles. The van der Waals surface area contributed by atoms with Gasteiger partial charge in [-0.3, -0.25) is 9.69 Å². The molecule has 3 rings (SSSR count). The Morgan fingerprint density at radius 3 is 2.85 bits per heavy atom. The third kappa shape index (κ3) is 3.59. The first-order valence-corrected chi connectivity index (χ1v) is 8.29. The van der Waals surface area contributed by atoms with Crippen LogP contribution in [0.15, 0.2) is 17.5 Å². The molecule has 1 aromatic rings. The van der Waals surface area contributed by atoms with Crippen molar-refractivity contribution in [2.75, 3.05) is 39.4 Å². The first-order chi connectivity index (χ1) is 9.81. The standard InChI is InChI=1S/C15H22N2O2S/c18-15(10-13-3-8-19-12-13)17-6-4-16(5-7-17)11-14-2-1-9-20-14/h1-2,9,13H,3-8,10-12H2/t13-/m0/s1. The van der Waals surface area contributed by atoms with Crippen LogP contribution in [-0.2, 0) is 16.1 Å². The first-order valence-electron chi connectivity index (χ1n) is 7.41. The van der Waals surface area contributed by atoms with E-state index in [4.69, 9.17) is 4.74 Å². The molecule has 1 aromatic heterocycles. The van der Waals surface area contributed by atoms with Gasteiger partial charge in [0.1, 0.15) is 0 Å². The molecule has 4 nitrogen and oxygen atoms in total. The molecule has 0 radical (unpaired) electrons. The van der Waals surface area contributed by atoms with Crippen molar-refractivity contribution in [1.82, 2.24) is 9.80 Å². The van der Waals surface area contributed by atoms with E-state index < -0.39 is 0 Å². The van der Waals surface area contributed by atoms with Crippen molar-refractivity contribution in [2.45, 2.75) is 19.4 Å². The maximum absolute atomic E-state index is 12.2. The number of ether oxygens (including phenoxy) is 1. The molecule has 0 aliphatic carbocycles. The van der Waals surface area contributed by atoms with Gasteiger partial charge in [-0.1, -0.05) is 6.07 Å². The summed E-state index contributed by atoms with van der Waals surface area (Å²) in [5, 5.41) is 2.12. The molecule has 0 spiro atoms. The van der Waals surface area contributed by atoms with Crippen LogP contribution in [0.1, 0.15) is 17.7 Å². The third-order valence-electron chi connectivity index (χ3n) is 4.17. The lowest BCUT2D eigenvalue weighted by Crippen LogP contribution is -2.48. The lowest BCUT2D eigenvalue weighted by molar-refractivity contribution is -0.134. The van der Waals surface area contributed by atoms with Crippen LogP contribution >= 0.6 is 11.3 Å². The summed E-state index contributed by atoms with van der Waals surface area (Å²) in [5.74, 6) is 0.767. The van der Waals surface area contributed by atoms with Crippen LogP contribution in [0, 0.1) is 5.92 Å². The van der Waals surface area contributed by atoms with Crippen LogP contribution in [-0.4, -0.2) is 55.1 Å². The summed E-state index contributed by atoms with van der Waals surface area (Å²) >= 11 is 1.81. The minimum Gasteiger partial charge on any atom is -0.381 e. The minimum absolute atomic E-state index is 0.316. The Bertz CT molecular complexity index is 421. The fourth-order valence-electron chi connectivity index (χ4n) is 2.90. The van der Waals surface area contributed by atoms with Gasteiger partial charge in [0.15, 0.2) is 0 Å². The van der Waals surface area contributed by atoms with Gasteiger partial charge in [-0.15, -0.1) is 11.3 Å². The van der Waals surface area contributed by atoms with Gasteiger partial charge in [0.25, 0.3) is 0 Å². The van der Waals surface area contributed by atoms with E-state index in [1.54, 1.807) is 0 Å². The molecule has 0 unspecified atom stereocenters. The highest BCUT2D eigenvalue weighted by atomic mass is 32.1. The summed E-state index contributed by atoms with van der Waals surface area (Å²) in [7, 11) is 0. The maximum atomic E-state index is 12.2. The Labute approximate surface area is 124 Å². The maximum Gasteiger partial charge on any atom is 0.223 e. The second-order valence-corrected chi connectivity index (χ2v) is 6.70. The van der Waals surface area contributed by atoms with Gasteiger partial charge in [0, 0.05) is 57.2 Å². The Morgan fingerprint density at radius 1 is 1.35 bits per heavy atom. The highest BCUT2D eigenvalue weighted by Gasteiger charge is 2.25. The fraction of sp³-hybridized carbons (Fsp3) is 0.667. The molecule has 1 amide bonds. The van der Waals surface area contributed by atoms with Crippen molar-refractivity contribution in [1.29, 1.82) is 0 Å². The minimum atomic E-state index is 0.316. The molecule has 1 atom stereocenters. The monoisotopic (exact) mass is 294 g/mol. The lowest BCUT2D eigenvalue weighted by atomic mass is 10.0. The van der Waals surface area contributed by atoms with Crippen molar-refractivity contribution < 1.29 is 9.53 Å². The highest BCUT2D eigenvalue weighted by molar-refractivity contribution is 7.09. The molecule has 0 N–H and O–H groups in total. The van der Waals surface area contributed by atoms with Gasteiger partial charge in [0.05, 0.1) is 0 Å². The van der Waals surface area contributed by atoms with Gasteiger partial charge in [-0.25, -0.2) is 0 Å². The van der Waals surface area contributed by atoms with Crippen molar-refractivity contribution >= 4 is 17.2 Å². The first kappa shape index (κ1) is 14.0. The fourth-order valence-corrected chi connectivity index (χ4v) is 3.64. The topological polar surface area (TPSA) is 32.8 Å². The zero-order chi connectivity index (χ0) is 13.8. The summed E-state index contributed by atoms with van der Waals surface area (Å²) in [6.45, 7) is 6.35. The second kappa shape index (κ2) is 6.70. The summed E-state index contributed by atoms with van der Waals surface area (Å²) in [6.07, 6.45) is 1.72. The molecule has 5 heteroatoms. The summed E-state index contributed by atoms with van der Waals surface area (Å²) in [6, 6.07) is 4.28. The predicted molar refractivity (Wildman–Crippen MR) is 79.7 cm³/mol. The molecular weight excluding hydrogens is 272 g/mol.